The minimum atomic E-state index is -0.381. The molecular formula is C17H26BrNO3S. The smallest absolute Gasteiger partial charge is 0.308 e. The van der Waals surface area contributed by atoms with Crippen molar-refractivity contribution in [1.29, 1.82) is 0 Å². The van der Waals surface area contributed by atoms with E-state index in [9.17, 15) is 4.79 Å². The van der Waals surface area contributed by atoms with Crippen LogP contribution in [0.4, 0.5) is 0 Å². The van der Waals surface area contributed by atoms with Crippen molar-refractivity contribution in [2.45, 2.75) is 58.0 Å². The molecular weight excluding hydrogens is 378 g/mol. The molecule has 0 spiro atoms. The minimum absolute atomic E-state index is 0.0204. The van der Waals surface area contributed by atoms with Crippen LogP contribution in [0, 0.1) is 11.8 Å². The van der Waals surface area contributed by atoms with E-state index in [2.05, 4.69) is 34.8 Å². The molecule has 130 valence electrons. The van der Waals surface area contributed by atoms with E-state index >= 15 is 0 Å². The Hall–Kier alpha value is -0.460. The summed E-state index contributed by atoms with van der Waals surface area (Å²) in [7, 11) is 1.75. The lowest BCUT2D eigenvalue weighted by Crippen LogP contribution is -2.37. The molecule has 1 aromatic heterocycles. The van der Waals surface area contributed by atoms with Crippen molar-refractivity contribution < 1.29 is 14.3 Å². The average molecular weight is 404 g/mol. The molecule has 1 aliphatic carbocycles. The molecule has 4 nitrogen and oxygen atoms in total. The molecule has 0 N–H and O–H groups in total. The number of aromatic nitrogens is 1. The number of methoxy groups -OCH3 is 1. The Morgan fingerprint density at radius 3 is 2.65 bits per heavy atom. The van der Waals surface area contributed by atoms with Crippen molar-refractivity contribution in [2.24, 2.45) is 11.8 Å². The summed E-state index contributed by atoms with van der Waals surface area (Å²) in [5.74, 6) is 0.408. The highest BCUT2D eigenvalue weighted by atomic mass is 79.9. The highest BCUT2D eigenvalue weighted by molar-refractivity contribution is 9.11. The largest absolute Gasteiger partial charge is 0.465 e. The number of hydrogen-bond donors (Lipinski definition) is 0. The lowest BCUT2D eigenvalue weighted by molar-refractivity contribution is -0.151. The third-order valence-electron chi connectivity index (χ3n) is 4.91. The molecule has 0 saturated heterocycles. The Balaban J connectivity index is 1.93. The van der Waals surface area contributed by atoms with Crippen LogP contribution in [0.3, 0.4) is 0 Å². The first kappa shape index (κ1) is 18.9. The third-order valence-corrected chi connectivity index (χ3v) is 6.60. The van der Waals surface area contributed by atoms with Gasteiger partial charge >= 0.3 is 5.97 Å². The first-order valence-electron chi connectivity index (χ1n) is 8.34. The van der Waals surface area contributed by atoms with Gasteiger partial charge in [0.05, 0.1) is 22.5 Å². The van der Waals surface area contributed by atoms with Crippen molar-refractivity contribution in [3.63, 3.8) is 0 Å². The zero-order chi connectivity index (χ0) is 16.9. The second kappa shape index (κ2) is 8.58. The quantitative estimate of drug-likeness (QED) is 0.478. The molecule has 1 unspecified atom stereocenters. The summed E-state index contributed by atoms with van der Waals surface area (Å²) in [5, 5.41) is 1.00. The van der Waals surface area contributed by atoms with E-state index in [1.165, 1.54) is 0 Å². The fourth-order valence-electron chi connectivity index (χ4n) is 3.23. The standard InChI is InChI=1S/C17H26BrNO3S/c1-4-5-10-22-15(20)12-6-8-13(9-7-12)17(2,21-3)16-19-11-14(18)23-16/h11-13H,4-10H2,1-3H3. The van der Waals surface area contributed by atoms with Gasteiger partial charge in [-0.3, -0.25) is 4.79 Å². The summed E-state index contributed by atoms with van der Waals surface area (Å²) >= 11 is 5.10. The van der Waals surface area contributed by atoms with Crippen molar-refractivity contribution in [3.05, 3.63) is 15.0 Å². The van der Waals surface area contributed by atoms with Gasteiger partial charge in [-0.15, -0.1) is 11.3 Å². The highest BCUT2D eigenvalue weighted by Gasteiger charge is 2.41. The van der Waals surface area contributed by atoms with Gasteiger partial charge in [-0.25, -0.2) is 4.98 Å². The zero-order valence-corrected chi connectivity index (χ0v) is 16.5. The Labute approximate surface area is 151 Å². The van der Waals surface area contributed by atoms with Gasteiger partial charge in [0.25, 0.3) is 0 Å². The zero-order valence-electron chi connectivity index (χ0n) is 14.1. The molecule has 1 atom stereocenters. The molecule has 1 heterocycles. The van der Waals surface area contributed by atoms with E-state index in [4.69, 9.17) is 9.47 Å². The number of rotatable bonds is 7. The molecule has 0 radical (unpaired) electrons. The summed E-state index contributed by atoms with van der Waals surface area (Å²) in [6.45, 7) is 4.77. The molecule has 1 saturated carbocycles. The molecule has 0 aliphatic heterocycles. The summed E-state index contributed by atoms with van der Waals surface area (Å²) in [6.07, 6.45) is 7.51. The van der Waals surface area contributed by atoms with Crippen LogP contribution < -0.4 is 0 Å². The van der Waals surface area contributed by atoms with E-state index in [1.54, 1.807) is 18.4 Å². The van der Waals surface area contributed by atoms with Crippen molar-refractivity contribution >= 4 is 33.2 Å². The second-order valence-electron chi connectivity index (χ2n) is 6.35. The number of hydrogen-bond acceptors (Lipinski definition) is 5. The van der Waals surface area contributed by atoms with Crippen LogP contribution in [0.1, 0.15) is 57.4 Å². The number of carbonyl (C=O) groups is 1. The van der Waals surface area contributed by atoms with E-state index in [1.807, 2.05) is 6.20 Å². The monoisotopic (exact) mass is 403 g/mol. The Bertz CT molecular complexity index is 514. The van der Waals surface area contributed by atoms with Crippen molar-refractivity contribution in [1.82, 2.24) is 4.98 Å². The molecule has 1 fully saturated rings. The van der Waals surface area contributed by atoms with Gasteiger partial charge in [0.15, 0.2) is 0 Å². The van der Waals surface area contributed by atoms with Gasteiger partial charge in [-0.2, -0.15) is 0 Å². The Kier molecular flexibility index (Phi) is 7.04. The predicted molar refractivity (Wildman–Crippen MR) is 95.5 cm³/mol. The lowest BCUT2D eigenvalue weighted by atomic mass is 9.74. The van der Waals surface area contributed by atoms with Gasteiger partial charge in [-0.1, -0.05) is 13.3 Å². The van der Waals surface area contributed by atoms with Crippen LogP contribution >= 0.6 is 27.3 Å². The maximum absolute atomic E-state index is 12.1. The fraction of sp³-hybridized carbons (Fsp3) is 0.765. The normalized spacial score (nSPS) is 24.2. The fourth-order valence-corrected chi connectivity index (χ4v) is 4.64. The Morgan fingerprint density at radius 2 is 2.13 bits per heavy atom. The molecule has 0 aromatic carbocycles. The molecule has 0 amide bonds. The lowest BCUT2D eigenvalue weighted by Gasteiger charge is -2.38. The number of carbonyl (C=O) groups excluding carboxylic acids is 1. The van der Waals surface area contributed by atoms with Crippen LogP contribution in [0.25, 0.3) is 0 Å². The Morgan fingerprint density at radius 1 is 1.43 bits per heavy atom. The SMILES string of the molecule is CCCCOC(=O)C1CCC(C(C)(OC)c2ncc(Br)s2)CC1. The summed E-state index contributed by atoms with van der Waals surface area (Å²) in [4.78, 5) is 16.6. The van der Waals surface area contributed by atoms with Gasteiger partial charge in [0.2, 0.25) is 0 Å². The molecule has 6 heteroatoms. The van der Waals surface area contributed by atoms with Gasteiger partial charge < -0.3 is 9.47 Å². The van der Waals surface area contributed by atoms with Gasteiger partial charge in [0, 0.05) is 7.11 Å². The van der Waals surface area contributed by atoms with Crippen LogP contribution in [-0.2, 0) is 19.9 Å². The van der Waals surface area contributed by atoms with Crippen LogP contribution in [0.5, 0.6) is 0 Å². The number of nitrogens with zero attached hydrogens (tertiary/aromatic N) is 1. The number of halogens is 1. The molecule has 1 aliphatic rings. The number of unbranched alkanes of at least 4 members (excludes halogenated alkanes) is 1. The van der Waals surface area contributed by atoms with Crippen LogP contribution in [0.15, 0.2) is 9.98 Å². The van der Waals surface area contributed by atoms with E-state index in [0.717, 1.165) is 47.3 Å². The summed E-state index contributed by atoms with van der Waals surface area (Å²) in [5.41, 5.74) is -0.381. The number of esters is 1. The average Bonchev–Trinajstić information content (AvgIpc) is 3.01. The third kappa shape index (κ3) is 4.54. The van der Waals surface area contributed by atoms with Crippen molar-refractivity contribution in [3.8, 4) is 0 Å². The number of ether oxygens (including phenoxy) is 2. The van der Waals surface area contributed by atoms with Crippen molar-refractivity contribution in [2.75, 3.05) is 13.7 Å². The molecule has 0 bridgehead atoms. The minimum Gasteiger partial charge on any atom is -0.465 e. The molecule has 1 aromatic rings. The molecule has 23 heavy (non-hydrogen) atoms. The van der Waals surface area contributed by atoms with Crippen LogP contribution in [0.2, 0.25) is 0 Å². The highest BCUT2D eigenvalue weighted by Crippen LogP contribution is 2.44. The second-order valence-corrected chi connectivity index (χ2v) is 8.76. The van der Waals surface area contributed by atoms with Crippen LogP contribution in [-0.4, -0.2) is 24.7 Å². The topological polar surface area (TPSA) is 48.4 Å². The summed E-state index contributed by atoms with van der Waals surface area (Å²) < 4.78 is 12.3. The van der Waals surface area contributed by atoms with E-state index in [0.29, 0.717) is 12.5 Å². The predicted octanol–water partition coefficient (Wildman–Crippen LogP) is 4.92. The number of thiazole rings is 1. The maximum atomic E-state index is 12.1. The maximum Gasteiger partial charge on any atom is 0.308 e. The van der Waals surface area contributed by atoms with Gasteiger partial charge in [0.1, 0.15) is 10.6 Å². The molecule has 2 rings (SSSR count). The van der Waals surface area contributed by atoms with Gasteiger partial charge in [-0.05, 0) is 60.9 Å². The first-order chi connectivity index (χ1) is 11.0. The van der Waals surface area contributed by atoms with E-state index < -0.39 is 0 Å². The summed E-state index contributed by atoms with van der Waals surface area (Å²) in [6, 6.07) is 0. The van der Waals surface area contributed by atoms with E-state index in [-0.39, 0.29) is 17.5 Å². The first-order valence-corrected chi connectivity index (χ1v) is 9.95.